The van der Waals surface area contributed by atoms with Gasteiger partial charge < -0.3 is 25.7 Å². The minimum Gasteiger partial charge on any atom is -0.486 e. The van der Waals surface area contributed by atoms with Gasteiger partial charge in [-0.3, -0.25) is 4.79 Å². The number of aromatic nitrogens is 1. The molecular weight excluding hydrogens is 489 g/mol. The number of carbonyl (C=O) groups is 1. The number of ether oxygens (including phenoxy) is 1. The molecule has 0 aliphatic heterocycles. The normalized spacial score (nSPS) is 11.7. The van der Waals surface area contributed by atoms with Crippen molar-refractivity contribution in [3.63, 3.8) is 0 Å². The third-order valence-electron chi connectivity index (χ3n) is 4.81. The molecule has 172 valence electrons. The van der Waals surface area contributed by atoms with E-state index in [2.05, 4.69) is 4.98 Å². The molecule has 0 fully saturated rings. The zero-order valence-corrected chi connectivity index (χ0v) is 19.5. The second-order valence-electron chi connectivity index (χ2n) is 7.24. The molecule has 0 bridgehead atoms. The van der Waals surface area contributed by atoms with Crippen molar-refractivity contribution in [2.45, 2.75) is 19.1 Å². The van der Waals surface area contributed by atoms with E-state index < -0.39 is 12.0 Å². The van der Waals surface area contributed by atoms with E-state index in [4.69, 9.17) is 48.9 Å². The number of nitrogens with zero attached hydrogens (tertiary/aromatic N) is 1. The summed E-state index contributed by atoms with van der Waals surface area (Å²) in [7, 11) is 0. The van der Waals surface area contributed by atoms with Gasteiger partial charge in [-0.1, -0.05) is 41.4 Å². The number of nitrogens with two attached hydrogens (primary N) is 2. The van der Waals surface area contributed by atoms with Crippen LogP contribution in [0, 0.1) is 0 Å². The summed E-state index contributed by atoms with van der Waals surface area (Å²) in [4.78, 5) is 15.5. The lowest BCUT2D eigenvalue weighted by molar-refractivity contribution is -0.138. The van der Waals surface area contributed by atoms with Gasteiger partial charge in [-0.25, -0.2) is 4.98 Å². The highest BCUT2D eigenvalue weighted by molar-refractivity contribution is 6.37. The number of fused-ring (bicyclic) bond motifs is 1. The first-order valence-electron chi connectivity index (χ1n) is 9.65. The van der Waals surface area contributed by atoms with Gasteiger partial charge in [0.15, 0.2) is 11.3 Å². The highest BCUT2D eigenvalue weighted by atomic mass is 35.5. The minimum atomic E-state index is -1.11. The van der Waals surface area contributed by atoms with Crippen molar-refractivity contribution in [1.29, 1.82) is 0 Å². The monoisotopic (exact) mass is 507 g/mol. The predicted octanol–water partition coefficient (Wildman–Crippen LogP) is 5.34. The number of benzene rings is 3. The Morgan fingerprint density at radius 1 is 1.12 bits per heavy atom. The zero-order valence-electron chi connectivity index (χ0n) is 17.1. The van der Waals surface area contributed by atoms with Crippen LogP contribution in [0.15, 0.2) is 59.0 Å². The summed E-state index contributed by atoms with van der Waals surface area (Å²) in [6.45, 7) is 0.0817. The number of carboxylic acid groups (broad SMARTS) is 1. The van der Waals surface area contributed by atoms with E-state index in [0.29, 0.717) is 33.8 Å². The van der Waals surface area contributed by atoms with Crippen molar-refractivity contribution in [3.8, 4) is 17.2 Å². The third-order valence-corrected chi connectivity index (χ3v) is 5.37. The van der Waals surface area contributed by atoms with Gasteiger partial charge in [-0.15, -0.1) is 12.4 Å². The summed E-state index contributed by atoms with van der Waals surface area (Å²) in [6.07, 6.45) is 0.0885. The maximum absolute atomic E-state index is 11.0. The maximum Gasteiger partial charge on any atom is 0.320 e. The molecule has 0 spiro atoms. The van der Waals surface area contributed by atoms with Crippen LogP contribution in [0.2, 0.25) is 10.0 Å². The summed E-state index contributed by atoms with van der Waals surface area (Å²) in [6, 6.07) is 15.1. The van der Waals surface area contributed by atoms with Crippen molar-refractivity contribution in [2.75, 3.05) is 5.73 Å². The number of aliphatic carboxylic acids is 1. The second kappa shape index (κ2) is 10.3. The molecule has 0 amide bonds. The standard InChI is InChI=1S/C23H19Cl2N3O4.ClH/c24-16-6-12(8-18(27)23(29)30)7-17(25)21(16)31-11-14-9-15(26)10-19-20(14)32-22(28-19)13-4-2-1-3-5-13;/h1-7,9-10,18H,8,11,26-27H2,(H,29,30);1H/t18-;/m0./s1. The Labute approximate surface area is 205 Å². The second-order valence-corrected chi connectivity index (χ2v) is 8.05. The summed E-state index contributed by atoms with van der Waals surface area (Å²) >= 11 is 12.7. The first-order valence-corrected chi connectivity index (χ1v) is 10.4. The largest absolute Gasteiger partial charge is 0.486 e. The molecule has 4 rings (SSSR count). The number of oxazole rings is 1. The van der Waals surface area contributed by atoms with E-state index in [1.165, 1.54) is 0 Å². The Bertz CT molecular complexity index is 1270. The predicted molar refractivity (Wildman–Crippen MR) is 131 cm³/mol. The SMILES string of the molecule is Cl.Nc1cc(COc2c(Cl)cc(C[C@H](N)C(=O)O)cc2Cl)c2oc(-c3ccccc3)nc2c1. The van der Waals surface area contributed by atoms with E-state index in [1.54, 1.807) is 24.3 Å². The van der Waals surface area contributed by atoms with Crippen molar-refractivity contribution >= 4 is 58.4 Å². The number of anilines is 1. The molecule has 7 nitrogen and oxygen atoms in total. The fourth-order valence-electron chi connectivity index (χ4n) is 3.30. The van der Waals surface area contributed by atoms with Crippen LogP contribution in [-0.4, -0.2) is 22.1 Å². The topological polar surface area (TPSA) is 125 Å². The molecule has 1 heterocycles. The molecule has 5 N–H and O–H groups in total. The first kappa shape index (κ1) is 24.7. The Morgan fingerprint density at radius 2 is 1.79 bits per heavy atom. The van der Waals surface area contributed by atoms with E-state index in [9.17, 15) is 4.79 Å². The Balaban J connectivity index is 0.00000306. The number of hydrogen-bond acceptors (Lipinski definition) is 6. The molecule has 0 aliphatic carbocycles. The van der Waals surface area contributed by atoms with E-state index in [0.717, 1.165) is 5.56 Å². The molecule has 0 unspecified atom stereocenters. The van der Waals surface area contributed by atoms with Gasteiger partial charge in [0.25, 0.3) is 0 Å². The van der Waals surface area contributed by atoms with E-state index in [-0.39, 0.29) is 41.2 Å². The number of halogens is 3. The summed E-state index contributed by atoms with van der Waals surface area (Å²) in [5.74, 6) is -0.368. The van der Waals surface area contributed by atoms with Crippen LogP contribution in [0.1, 0.15) is 11.1 Å². The quantitative estimate of drug-likeness (QED) is 0.288. The zero-order chi connectivity index (χ0) is 22.8. The Kier molecular flexibility index (Phi) is 7.71. The molecule has 1 atom stereocenters. The fraction of sp³-hybridized carbons (Fsp3) is 0.130. The highest BCUT2D eigenvalue weighted by Gasteiger charge is 2.18. The molecule has 0 radical (unpaired) electrons. The van der Waals surface area contributed by atoms with Gasteiger partial charge in [0, 0.05) is 16.8 Å². The lowest BCUT2D eigenvalue weighted by atomic mass is 10.1. The lowest BCUT2D eigenvalue weighted by Gasteiger charge is -2.13. The highest BCUT2D eigenvalue weighted by Crippen LogP contribution is 2.36. The molecule has 3 aromatic carbocycles. The smallest absolute Gasteiger partial charge is 0.320 e. The van der Waals surface area contributed by atoms with Crippen LogP contribution in [-0.2, 0) is 17.8 Å². The van der Waals surface area contributed by atoms with Crippen molar-refractivity contribution in [1.82, 2.24) is 4.98 Å². The van der Waals surface area contributed by atoms with Crippen molar-refractivity contribution < 1.29 is 19.1 Å². The number of nitrogen functional groups attached to an aromatic ring is 1. The first-order chi connectivity index (χ1) is 15.3. The van der Waals surface area contributed by atoms with Crippen LogP contribution in [0.5, 0.6) is 5.75 Å². The van der Waals surface area contributed by atoms with Gasteiger partial charge in [-0.2, -0.15) is 0 Å². The Morgan fingerprint density at radius 3 is 2.42 bits per heavy atom. The summed E-state index contributed by atoms with van der Waals surface area (Å²) in [5, 5.41) is 9.48. The van der Waals surface area contributed by atoms with Crippen molar-refractivity contribution in [2.24, 2.45) is 5.73 Å². The van der Waals surface area contributed by atoms with Crippen LogP contribution < -0.4 is 16.2 Å². The molecule has 1 aromatic heterocycles. The molecule has 33 heavy (non-hydrogen) atoms. The van der Waals surface area contributed by atoms with Crippen molar-refractivity contribution in [3.05, 3.63) is 75.8 Å². The van der Waals surface area contributed by atoms with Crippen LogP contribution in [0.4, 0.5) is 5.69 Å². The fourth-order valence-corrected chi connectivity index (χ4v) is 3.94. The van der Waals surface area contributed by atoms with Gasteiger partial charge in [-0.05, 0) is 48.4 Å². The molecule has 0 saturated heterocycles. The van der Waals surface area contributed by atoms with Gasteiger partial charge in [0.05, 0.1) is 10.0 Å². The lowest BCUT2D eigenvalue weighted by Crippen LogP contribution is -2.32. The van der Waals surface area contributed by atoms with Gasteiger partial charge in [0.2, 0.25) is 5.89 Å². The van der Waals surface area contributed by atoms with Crippen LogP contribution >= 0.6 is 35.6 Å². The minimum absolute atomic E-state index is 0. The maximum atomic E-state index is 11.0. The average molecular weight is 509 g/mol. The van der Waals surface area contributed by atoms with Gasteiger partial charge >= 0.3 is 5.97 Å². The van der Waals surface area contributed by atoms with Crippen LogP contribution in [0.3, 0.4) is 0 Å². The summed E-state index contributed by atoms with van der Waals surface area (Å²) in [5.41, 5.74) is 15.4. The molecule has 4 aromatic rings. The third kappa shape index (κ3) is 5.51. The number of rotatable bonds is 7. The van der Waals surface area contributed by atoms with Gasteiger partial charge in [0.1, 0.15) is 18.2 Å². The van der Waals surface area contributed by atoms with Crippen LogP contribution in [0.25, 0.3) is 22.6 Å². The molecule has 0 aliphatic rings. The molecule has 0 saturated carbocycles. The van der Waals surface area contributed by atoms with E-state index >= 15 is 0 Å². The molecular formula is C23H20Cl3N3O4. The molecule has 10 heteroatoms. The number of hydrogen-bond donors (Lipinski definition) is 3. The van der Waals surface area contributed by atoms with E-state index in [1.807, 2.05) is 30.3 Å². The number of carboxylic acids is 1. The average Bonchev–Trinajstić information content (AvgIpc) is 3.17. The Hall–Kier alpha value is -2.97. The summed E-state index contributed by atoms with van der Waals surface area (Å²) < 4.78 is 11.9.